The molecule has 1 aliphatic rings. The van der Waals surface area contributed by atoms with Crippen LogP contribution in [0.15, 0.2) is 18.3 Å². The number of fused-ring (bicyclic) bond motifs is 1. The van der Waals surface area contributed by atoms with Crippen molar-refractivity contribution in [2.75, 3.05) is 0 Å². The molecule has 1 radical (unpaired) electrons. The molecule has 1 heterocycles. The average Bonchev–Trinajstić information content (AvgIpc) is 2.46. The topological polar surface area (TPSA) is 38.9 Å². The van der Waals surface area contributed by atoms with Gasteiger partial charge in [-0.2, -0.15) is 0 Å². The average molecular weight is 105 g/mol. The van der Waals surface area contributed by atoms with Gasteiger partial charge in [-0.25, -0.2) is 0 Å². The summed E-state index contributed by atoms with van der Waals surface area (Å²) in [5.41, 5.74) is 7.55. The molecule has 2 rings (SSSR count). The van der Waals surface area contributed by atoms with Crippen LogP contribution in [-0.4, -0.2) is 4.98 Å². The van der Waals surface area contributed by atoms with E-state index >= 15 is 0 Å². The van der Waals surface area contributed by atoms with Gasteiger partial charge in [0.2, 0.25) is 0 Å². The van der Waals surface area contributed by atoms with Crippen LogP contribution in [0, 0.1) is 6.04 Å². The van der Waals surface area contributed by atoms with E-state index in [4.69, 9.17) is 5.73 Å². The molecule has 39 valence electrons. The van der Waals surface area contributed by atoms with Crippen LogP contribution in [0.2, 0.25) is 0 Å². The second kappa shape index (κ2) is 1.09. The number of hydrogen-bond acceptors (Lipinski definition) is 2. The van der Waals surface area contributed by atoms with Crippen molar-refractivity contribution in [1.29, 1.82) is 0 Å². The lowest BCUT2D eigenvalue weighted by Crippen LogP contribution is -1.89. The Morgan fingerprint density at radius 1 is 1.50 bits per heavy atom. The van der Waals surface area contributed by atoms with E-state index in [-0.39, 0.29) is 0 Å². The number of pyridine rings is 1. The van der Waals surface area contributed by atoms with Crippen molar-refractivity contribution in [3.8, 4) is 0 Å². The lowest BCUT2D eigenvalue weighted by atomic mass is 10.5. The fourth-order valence-electron chi connectivity index (χ4n) is 0.771. The first-order valence-electron chi connectivity index (χ1n) is 2.48. The molecule has 2 N–H and O–H groups in total. The molecule has 0 fully saturated rings. The van der Waals surface area contributed by atoms with E-state index in [0.29, 0.717) is 0 Å². The van der Waals surface area contributed by atoms with Crippen LogP contribution in [-0.2, 0) is 0 Å². The Labute approximate surface area is 47.4 Å². The highest BCUT2D eigenvalue weighted by atomic mass is 14.8. The van der Waals surface area contributed by atoms with Crippen molar-refractivity contribution in [1.82, 2.24) is 4.98 Å². The van der Waals surface area contributed by atoms with Crippen LogP contribution in [0.3, 0.4) is 0 Å². The Bertz CT molecular complexity index is 197. The normalized spacial score (nSPS) is 15.6. The molecule has 2 heteroatoms. The largest absolute Gasteiger partial charge is 0.314 e. The van der Waals surface area contributed by atoms with E-state index in [1.54, 1.807) is 6.20 Å². The Balaban J connectivity index is 2.58. The highest BCUT2D eigenvalue weighted by molar-refractivity contribution is 5.60. The third-order valence-corrected chi connectivity index (χ3v) is 1.29. The first-order valence-corrected chi connectivity index (χ1v) is 2.48. The molecule has 1 aromatic heterocycles. The van der Waals surface area contributed by atoms with E-state index in [1.165, 1.54) is 0 Å². The quantitative estimate of drug-likeness (QED) is 0.514. The Morgan fingerprint density at radius 3 is 2.88 bits per heavy atom. The lowest BCUT2D eigenvalue weighted by molar-refractivity contribution is 1.26. The molecule has 0 saturated carbocycles. The van der Waals surface area contributed by atoms with E-state index < -0.39 is 0 Å². The number of aromatic nitrogens is 1. The molecule has 0 bridgehead atoms. The highest BCUT2D eigenvalue weighted by Gasteiger charge is 2.30. The van der Waals surface area contributed by atoms with E-state index in [1.807, 2.05) is 12.1 Å². The molecule has 0 spiro atoms. The molecule has 8 heavy (non-hydrogen) atoms. The third kappa shape index (κ3) is 0.333. The number of nitrogens with two attached hydrogens (primary N) is 1. The van der Waals surface area contributed by atoms with E-state index in [2.05, 4.69) is 4.98 Å². The fraction of sp³-hybridized carbons (Fsp3) is 0. The Morgan fingerprint density at radius 2 is 2.38 bits per heavy atom. The molecule has 1 aromatic rings. The first kappa shape index (κ1) is 4.04. The number of nitrogens with zero attached hydrogens (tertiary/aromatic N) is 1. The van der Waals surface area contributed by atoms with Crippen molar-refractivity contribution in [2.45, 2.75) is 0 Å². The molecule has 0 amide bonds. The summed E-state index contributed by atoms with van der Waals surface area (Å²) in [5, 5.41) is 0. The van der Waals surface area contributed by atoms with Crippen LogP contribution in [0.5, 0.6) is 0 Å². The van der Waals surface area contributed by atoms with Gasteiger partial charge in [0, 0.05) is 11.8 Å². The molecule has 1 aliphatic carbocycles. The van der Waals surface area contributed by atoms with Crippen LogP contribution in [0.25, 0.3) is 0 Å². The van der Waals surface area contributed by atoms with Crippen LogP contribution in [0.1, 0.15) is 11.3 Å². The van der Waals surface area contributed by atoms with Gasteiger partial charge in [-0.3, -0.25) is 4.98 Å². The van der Waals surface area contributed by atoms with Crippen LogP contribution >= 0.6 is 0 Å². The standard InChI is InChI=1S/C6H5N2/c7-5-4-2-1-3-8-6(4)5/h1-3H,7H2. The van der Waals surface area contributed by atoms with E-state index in [9.17, 15) is 0 Å². The summed E-state index contributed by atoms with van der Waals surface area (Å²) < 4.78 is 0. The van der Waals surface area contributed by atoms with Gasteiger partial charge in [-0.15, -0.1) is 0 Å². The molecule has 2 nitrogen and oxygen atoms in total. The van der Waals surface area contributed by atoms with Gasteiger partial charge < -0.3 is 5.73 Å². The number of rotatable bonds is 0. The van der Waals surface area contributed by atoms with Crippen molar-refractivity contribution in [3.05, 3.63) is 35.6 Å². The molecule has 0 unspecified atom stereocenters. The minimum Gasteiger partial charge on any atom is -0.314 e. The fourth-order valence-corrected chi connectivity index (χ4v) is 0.771. The summed E-state index contributed by atoms with van der Waals surface area (Å²) in [4.78, 5) is 3.99. The maximum atomic E-state index is 5.45. The van der Waals surface area contributed by atoms with Gasteiger partial charge in [-0.05, 0) is 6.07 Å². The van der Waals surface area contributed by atoms with Gasteiger partial charge in [-0.1, -0.05) is 6.07 Å². The molecular weight excluding hydrogens is 100 g/mol. The lowest BCUT2D eigenvalue weighted by Gasteiger charge is -1.68. The number of hydrogen-bond donors (Lipinski definition) is 1. The summed E-state index contributed by atoms with van der Waals surface area (Å²) in [6, 6.07) is 4.71. The van der Waals surface area contributed by atoms with Gasteiger partial charge in [0.1, 0.15) is 6.04 Å². The Kier molecular flexibility index (Phi) is 0.549. The minimum atomic E-state index is 0.856. The summed E-state index contributed by atoms with van der Waals surface area (Å²) in [5.74, 6) is 0. The van der Waals surface area contributed by atoms with Gasteiger partial charge in [0.15, 0.2) is 0 Å². The monoisotopic (exact) mass is 105 g/mol. The summed E-state index contributed by atoms with van der Waals surface area (Å²) in [6.45, 7) is 0. The first-order chi connectivity index (χ1) is 3.89. The zero-order valence-corrected chi connectivity index (χ0v) is 4.26. The maximum Gasteiger partial charge on any atom is 0.114 e. The second-order valence-corrected chi connectivity index (χ2v) is 1.81. The second-order valence-electron chi connectivity index (χ2n) is 1.81. The smallest absolute Gasteiger partial charge is 0.114 e. The predicted octanol–water partition coefficient (Wildman–Crippen LogP) is 0.282. The molecule has 0 atom stereocenters. The van der Waals surface area contributed by atoms with Crippen LogP contribution in [0.4, 0.5) is 0 Å². The van der Waals surface area contributed by atoms with Gasteiger partial charge in [0.25, 0.3) is 0 Å². The zero-order valence-electron chi connectivity index (χ0n) is 4.26. The zero-order chi connectivity index (χ0) is 5.56. The van der Waals surface area contributed by atoms with Gasteiger partial charge >= 0.3 is 0 Å². The molecule has 0 aliphatic heterocycles. The van der Waals surface area contributed by atoms with Crippen molar-refractivity contribution in [3.63, 3.8) is 0 Å². The Hall–Kier alpha value is -0.890. The minimum absolute atomic E-state index is 0.856. The molecular formula is C6H5N2. The summed E-state index contributed by atoms with van der Waals surface area (Å²) >= 11 is 0. The third-order valence-electron chi connectivity index (χ3n) is 1.29. The summed E-state index contributed by atoms with van der Waals surface area (Å²) in [7, 11) is 0. The van der Waals surface area contributed by atoms with E-state index in [0.717, 1.165) is 17.3 Å². The van der Waals surface area contributed by atoms with Crippen molar-refractivity contribution in [2.24, 2.45) is 5.73 Å². The van der Waals surface area contributed by atoms with Crippen molar-refractivity contribution < 1.29 is 0 Å². The predicted molar refractivity (Wildman–Crippen MR) is 29.9 cm³/mol. The molecule has 0 aromatic carbocycles. The summed E-state index contributed by atoms with van der Waals surface area (Å²) in [6.07, 6.45) is 1.75. The SMILES string of the molecule is N[C]1c2cccnc21. The highest BCUT2D eigenvalue weighted by Crippen LogP contribution is 2.33. The van der Waals surface area contributed by atoms with Crippen molar-refractivity contribution >= 4 is 0 Å². The van der Waals surface area contributed by atoms with Crippen LogP contribution < -0.4 is 5.73 Å². The van der Waals surface area contributed by atoms with Gasteiger partial charge in [0.05, 0.1) is 5.69 Å². The molecule has 0 saturated heterocycles. The maximum absolute atomic E-state index is 5.45.